The molecule has 0 unspecified atom stereocenters. The van der Waals surface area contributed by atoms with Gasteiger partial charge in [-0.1, -0.05) is 29.3 Å². The largest absolute Gasteiger partial charge is 0.488 e. The Bertz CT molecular complexity index is 1460. The number of carbonyl (C=O) groups is 3. The van der Waals surface area contributed by atoms with Gasteiger partial charge in [0.1, 0.15) is 24.7 Å². The van der Waals surface area contributed by atoms with Crippen LogP contribution in [0.3, 0.4) is 0 Å². The van der Waals surface area contributed by atoms with Gasteiger partial charge in [-0.15, -0.1) is 0 Å². The van der Waals surface area contributed by atoms with Crippen molar-refractivity contribution in [1.82, 2.24) is 4.90 Å². The van der Waals surface area contributed by atoms with Crippen LogP contribution < -0.4 is 15.0 Å². The van der Waals surface area contributed by atoms with Gasteiger partial charge >= 0.3 is 0 Å². The highest BCUT2D eigenvalue weighted by Gasteiger charge is 2.36. The molecule has 11 heteroatoms. The van der Waals surface area contributed by atoms with Gasteiger partial charge < -0.3 is 15.0 Å². The van der Waals surface area contributed by atoms with E-state index in [1.807, 2.05) is 32.0 Å². The lowest BCUT2D eigenvalue weighted by molar-refractivity contribution is -0.127. The fourth-order valence-electron chi connectivity index (χ4n) is 4.00. The van der Waals surface area contributed by atoms with Gasteiger partial charge in [-0.2, -0.15) is 0 Å². The van der Waals surface area contributed by atoms with Crippen molar-refractivity contribution in [2.24, 2.45) is 0 Å². The molecule has 0 aromatic heterocycles. The van der Waals surface area contributed by atoms with Crippen LogP contribution in [-0.2, 0) is 16.2 Å². The molecule has 0 radical (unpaired) electrons. The van der Waals surface area contributed by atoms with Crippen molar-refractivity contribution in [2.45, 2.75) is 20.5 Å². The summed E-state index contributed by atoms with van der Waals surface area (Å²) < 4.78 is 19.3. The highest BCUT2D eigenvalue weighted by molar-refractivity contribution is 8.18. The van der Waals surface area contributed by atoms with Gasteiger partial charge in [-0.05, 0) is 80.2 Å². The van der Waals surface area contributed by atoms with Crippen LogP contribution in [-0.4, -0.2) is 41.6 Å². The normalized spacial score (nSPS) is 14.1. The Morgan fingerprint density at radius 1 is 1.05 bits per heavy atom. The number of hydrogen-bond donors (Lipinski definition) is 1. The van der Waals surface area contributed by atoms with Crippen molar-refractivity contribution in [3.63, 3.8) is 0 Å². The second-order valence-electron chi connectivity index (χ2n) is 8.74. The number of imide groups is 1. The third-order valence-corrected chi connectivity index (χ3v) is 7.61. The molecular weight excluding hydrogens is 576 g/mol. The molecule has 0 bridgehead atoms. The molecule has 3 aromatic rings. The maximum absolute atomic E-state index is 13.1. The minimum absolute atomic E-state index is 0.156. The van der Waals surface area contributed by atoms with E-state index < -0.39 is 29.4 Å². The zero-order valence-corrected chi connectivity index (χ0v) is 24.1. The molecule has 1 fully saturated rings. The van der Waals surface area contributed by atoms with Crippen LogP contribution in [0.25, 0.3) is 6.08 Å². The number of anilines is 2. The standard InChI is InChI=1S/C29H26Cl2FN3O4S/c1-3-34(4-2)23-12-6-18(25(15-23)39-17-19-5-7-20(30)14-24(19)31)13-26-28(37)35(29(38)40-26)16-27(36)33-22-10-8-21(32)9-11-22/h5-15H,3-4,16-17H2,1-2H3,(H,33,36)/b26-13+. The third-order valence-electron chi connectivity index (χ3n) is 6.11. The van der Waals surface area contributed by atoms with Crippen LogP contribution in [0, 0.1) is 5.82 Å². The SMILES string of the molecule is CCN(CC)c1ccc(/C=C2/SC(=O)N(CC(=O)Nc3ccc(F)cc3)C2=O)c(OCc2ccc(Cl)cc2Cl)c1. The number of halogens is 3. The number of carbonyl (C=O) groups excluding carboxylic acids is 3. The maximum Gasteiger partial charge on any atom is 0.294 e. The monoisotopic (exact) mass is 601 g/mol. The van der Waals surface area contributed by atoms with Crippen molar-refractivity contribution >= 4 is 69.5 Å². The zero-order valence-electron chi connectivity index (χ0n) is 21.7. The molecule has 1 aliphatic rings. The number of amides is 3. The molecule has 0 atom stereocenters. The van der Waals surface area contributed by atoms with E-state index in [1.54, 1.807) is 24.3 Å². The summed E-state index contributed by atoms with van der Waals surface area (Å²) in [6, 6.07) is 15.9. The van der Waals surface area contributed by atoms with Crippen molar-refractivity contribution < 1.29 is 23.5 Å². The Kier molecular flexibility index (Phi) is 9.73. The zero-order chi connectivity index (χ0) is 28.8. The third kappa shape index (κ3) is 7.15. The Morgan fingerprint density at radius 3 is 2.45 bits per heavy atom. The lowest BCUT2D eigenvalue weighted by Crippen LogP contribution is -2.36. The average molecular weight is 603 g/mol. The van der Waals surface area contributed by atoms with Crippen molar-refractivity contribution in [1.29, 1.82) is 0 Å². The van der Waals surface area contributed by atoms with E-state index in [-0.39, 0.29) is 11.5 Å². The highest BCUT2D eigenvalue weighted by atomic mass is 35.5. The van der Waals surface area contributed by atoms with Crippen molar-refractivity contribution in [3.05, 3.63) is 92.6 Å². The van der Waals surface area contributed by atoms with Crippen LogP contribution in [0.1, 0.15) is 25.0 Å². The molecule has 0 spiro atoms. The molecule has 40 heavy (non-hydrogen) atoms. The van der Waals surface area contributed by atoms with E-state index in [4.69, 9.17) is 27.9 Å². The van der Waals surface area contributed by atoms with Crippen LogP contribution >= 0.6 is 35.0 Å². The van der Waals surface area contributed by atoms with Gasteiger partial charge in [0.05, 0.1) is 4.91 Å². The molecule has 1 saturated heterocycles. The number of benzene rings is 3. The van der Waals surface area contributed by atoms with Crippen molar-refractivity contribution in [2.75, 3.05) is 29.9 Å². The van der Waals surface area contributed by atoms with Crippen LogP contribution in [0.15, 0.2) is 65.6 Å². The Labute approximate surface area is 245 Å². The second kappa shape index (κ2) is 13.2. The number of nitrogens with zero attached hydrogens (tertiary/aromatic N) is 2. The molecule has 0 saturated carbocycles. The molecule has 3 amide bonds. The first kappa shape index (κ1) is 29.5. The van der Waals surface area contributed by atoms with Crippen LogP contribution in [0.5, 0.6) is 5.75 Å². The molecule has 1 heterocycles. The summed E-state index contributed by atoms with van der Waals surface area (Å²) in [4.78, 5) is 41.4. The predicted octanol–water partition coefficient (Wildman–Crippen LogP) is 7.23. The molecule has 1 aliphatic heterocycles. The minimum Gasteiger partial charge on any atom is -0.488 e. The number of thioether (sulfide) groups is 1. The number of rotatable bonds is 10. The summed E-state index contributed by atoms with van der Waals surface area (Å²) >= 11 is 13.1. The topological polar surface area (TPSA) is 79.0 Å². The smallest absolute Gasteiger partial charge is 0.294 e. The molecule has 1 N–H and O–H groups in total. The summed E-state index contributed by atoms with van der Waals surface area (Å²) in [5, 5.41) is 2.97. The summed E-state index contributed by atoms with van der Waals surface area (Å²) in [6.07, 6.45) is 1.58. The first-order valence-electron chi connectivity index (χ1n) is 12.4. The lowest BCUT2D eigenvalue weighted by atomic mass is 10.1. The summed E-state index contributed by atoms with van der Waals surface area (Å²) in [5.41, 5.74) is 2.61. The van der Waals surface area contributed by atoms with E-state index in [9.17, 15) is 18.8 Å². The first-order valence-corrected chi connectivity index (χ1v) is 14.0. The first-order chi connectivity index (χ1) is 19.2. The molecular formula is C29H26Cl2FN3O4S. The van der Waals surface area contributed by atoms with E-state index in [0.29, 0.717) is 27.0 Å². The number of nitrogens with one attached hydrogen (secondary N) is 1. The molecule has 7 nitrogen and oxygen atoms in total. The summed E-state index contributed by atoms with van der Waals surface area (Å²) in [6.45, 7) is 5.36. The average Bonchev–Trinajstić information content (AvgIpc) is 3.18. The van der Waals surface area contributed by atoms with Crippen LogP contribution in [0.2, 0.25) is 10.0 Å². The van der Waals surface area contributed by atoms with Gasteiger partial charge in [0.15, 0.2) is 0 Å². The summed E-state index contributed by atoms with van der Waals surface area (Å²) in [7, 11) is 0. The van der Waals surface area contributed by atoms with Gasteiger partial charge in [-0.25, -0.2) is 4.39 Å². The fraction of sp³-hybridized carbons (Fsp3) is 0.207. The summed E-state index contributed by atoms with van der Waals surface area (Å²) in [5.74, 6) is -1.12. The molecule has 3 aromatic carbocycles. The Morgan fingerprint density at radius 2 is 1.77 bits per heavy atom. The fourth-order valence-corrected chi connectivity index (χ4v) is 5.29. The predicted molar refractivity (Wildman–Crippen MR) is 159 cm³/mol. The quantitative estimate of drug-likeness (QED) is 0.247. The van der Waals surface area contributed by atoms with Gasteiger partial charge in [0.25, 0.3) is 11.1 Å². The molecule has 208 valence electrons. The van der Waals surface area contributed by atoms with Gasteiger partial charge in [0.2, 0.25) is 5.91 Å². The molecule has 0 aliphatic carbocycles. The van der Waals surface area contributed by atoms with E-state index in [1.165, 1.54) is 24.3 Å². The van der Waals surface area contributed by atoms with E-state index in [0.717, 1.165) is 41.0 Å². The highest BCUT2D eigenvalue weighted by Crippen LogP contribution is 2.36. The van der Waals surface area contributed by atoms with Gasteiger partial charge in [-0.3, -0.25) is 19.3 Å². The Hall–Kier alpha value is -3.53. The van der Waals surface area contributed by atoms with Crippen molar-refractivity contribution in [3.8, 4) is 5.75 Å². The van der Waals surface area contributed by atoms with Gasteiger partial charge in [0, 0.05) is 51.7 Å². The molecule has 4 rings (SSSR count). The Balaban J connectivity index is 1.55. The maximum atomic E-state index is 13.1. The lowest BCUT2D eigenvalue weighted by Gasteiger charge is -2.22. The van der Waals surface area contributed by atoms with E-state index >= 15 is 0 Å². The number of ether oxygens (including phenoxy) is 1. The van der Waals surface area contributed by atoms with Crippen LogP contribution in [0.4, 0.5) is 20.6 Å². The van der Waals surface area contributed by atoms with E-state index in [2.05, 4.69) is 10.2 Å². The number of hydrogen-bond acceptors (Lipinski definition) is 6. The minimum atomic E-state index is -0.594. The second-order valence-corrected chi connectivity index (χ2v) is 10.6.